The Labute approximate surface area is 144 Å². The Kier molecular flexibility index (Phi) is 8.10. The molecule has 0 radical (unpaired) electrons. The summed E-state index contributed by atoms with van der Waals surface area (Å²) in [4.78, 5) is 0. The van der Waals surface area contributed by atoms with Gasteiger partial charge in [0.15, 0.2) is 0 Å². The molecule has 23 heavy (non-hydrogen) atoms. The van der Waals surface area contributed by atoms with Crippen LogP contribution in [0.25, 0.3) is 10.8 Å². The van der Waals surface area contributed by atoms with E-state index < -0.39 is 0 Å². The highest BCUT2D eigenvalue weighted by Crippen LogP contribution is 2.25. The van der Waals surface area contributed by atoms with Gasteiger partial charge in [-0.15, -0.1) is 11.6 Å². The zero-order chi connectivity index (χ0) is 16.3. The fourth-order valence-corrected chi connectivity index (χ4v) is 2.83. The molecule has 0 aromatic heterocycles. The van der Waals surface area contributed by atoms with Gasteiger partial charge in [0.25, 0.3) is 0 Å². The Balaban J connectivity index is 1.74. The molecule has 0 aliphatic carbocycles. The molecule has 3 heteroatoms. The van der Waals surface area contributed by atoms with Crippen LogP contribution in [0.4, 0.5) is 0 Å². The molecule has 0 saturated carbocycles. The number of unbranched alkanes of at least 4 members (excludes halogenated alkanes) is 5. The summed E-state index contributed by atoms with van der Waals surface area (Å²) in [6.45, 7) is 3.48. The van der Waals surface area contributed by atoms with Crippen LogP contribution in [0.15, 0.2) is 36.4 Å². The average molecular weight is 335 g/mol. The Morgan fingerprint density at radius 3 is 1.91 bits per heavy atom. The molecule has 126 valence electrons. The van der Waals surface area contributed by atoms with Crippen molar-refractivity contribution in [2.45, 2.75) is 45.4 Å². The first-order valence-corrected chi connectivity index (χ1v) is 9.22. The third-order valence-corrected chi connectivity index (χ3v) is 4.16. The summed E-state index contributed by atoms with van der Waals surface area (Å²) < 4.78 is 11.4. The number of alkyl halides is 1. The van der Waals surface area contributed by atoms with Crippen molar-refractivity contribution in [2.24, 2.45) is 0 Å². The quantitative estimate of drug-likeness (QED) is 0.360. The largest absolute Gasteiger partial charge is 0.494 e. The van der Waals surface area contributed by atoms with E-state index in [2.05, 4.69) is 24.3 Å². The molecule has 2 nitrogen and oxygen atoms in total. The van der Waals surface area contributed by atoms with Gasteiger partial charge in [0.1, 0.15) is 11.5 Å². The lowest BCUT2D eigenvalue weighted by Gasteiger charge is -2.09. The molecule has 2 aromatic carbocycles. The maximum Gasteiger partial charge on any atom is 0.119 e. The predicted octanol–water partition coefficient (Wildman–Crippen LogP) is 6.20. The van der Waals surface area contributed by atoms with Crippen molar-refractivity contribution >= 4 is 22.4 Å². The van der Waals surface area contributed by atoms with Gasteiger partial charge in [-0.1, -0.05) is 37.8 Å². The zero-order valence-electron chi connectivity index (χ0n) is 14.0. The molecule has 0 N–H and O–H groups in total. The second-order valence-corrected chi connectivity index (χ2v) is 6.14. The lowest BCUT2D eigenvalue weighted by atomic mass is 10.1. The minimum absolute atomic E-state index is 0.693. The van der Waals surface area contributed by atoms with E-state index in [9.17, 15) is 0 Å². The van der Waals surface area contributed by atoms with E-state index in [0.717, 1.165) is 36.8 Å². The lowest BCUT2D eigenvalue weighted by Crippen LogP contribution is -1.97. The van der Waals surface area contributed by atoms with Crippen LogP contribution in [0.1, 0.15) is 45.4 Å². The lowest BCUT2D eigenvalue weighted by molar-refractivity contribution is 0.305. The van der Waals surface area contributed by atoms with Crippen molar-refractivity contribution in [2.75, 3.05) is 19.1 Å². The van der Waals surface area contributed by atoms with Gasteiger partial charge in [-0.25, -0.2) is 0 Å². The molecule has 0 amide bonds. The SMILES string of the molecule is CCOc1ccc2cc(OCCCCCCCCCl)ccc2c1. The molecule has 0 unspecified atom stereocenters. The maximum absolute atomic E-state index is 5.87. The minimum Gasteiger partial charge on any atom is -0.494 e. The van der Waals surface area contributed by atoms with Crippen molar-refractivity contribution in [3.05, 3.63) is 36.4 Å². The van der Waals surface area contributed by atoms with Crippen LogP contribution in [0.2, 0.25) is 0 Å². The monoisotopic (exact) mass is 334 g/mol. The number of rotatable bonds is 11. The van der Waals surface area contributed by atoms with Gasteiger partial charge in [-0.3, -0.25) is 0 Å². The number of benzene rings is 2. The summed E-state index contributed by atoms with van der Waals surface area (Å²) in [5.41, 5.74) is 0. The average Bonchev–Trinajstić information content (AvgIpc) is 2.57. The zero-order valence-corrected chi connectivity index (χ0v) is 14.8. The van der Waals surface area contributed by atoms with E-state index in [4.69, 9.17) is 21.1 Å². The summed E-state index contributed by atoms with van der Waals surface area (Å²) in [5, 5.41) is 2.37. The molecule has 2 aromatic rings. The van der Waals surface area contributed by atoms with Crippen LogP contribution < -0.4 is 9.47 Å². The molecule has 0 aliphatic rings. The number of fused-ring (bicyclic) bond motifs is 1. The summed E-state index contributed by atoms with van der Waals surface area (Å²) in [6.07, 6.45) is 7.29. The summed E-state index contributed by atoms with van der Waals surface area (Å²) in [5.74, 6) is 2.66. The van der Waals surface area contributed by atoms with Crippen LogP contribution in [-0.2, 0) is 0 Å². The predicted molar refractivity (Wildman–Crippen MR) is 99.0 cm³/mol. The Hall–Kier alpha value is -1.41. The molecule has 0 fully saturated rings. The van der Waals surface area contributed by atoms with Crippen molar-refractivity contribution in [3.8, 4) is 11.5 Å². The molecule has 0 heterocycles. The first kappa shape index (κ1) is 17.9. The summed E-state index contributed by atoms with van der Waals surface area (Å²) in [6, 6.07) is 12.4. The number of hydrogen-bond acceptors (Lipinski definition) is 2. The Morgan fingerprint density at radius 2 is 1.30 bits per heavy atom. The first-order chi connectivity index (χ1) is 11.3. The van der Waals surface area contributed by atoms with Gasteiger partial charge in [-0.2, -0.15) is 0 Å². The molecule has 2 rings (SSSR count). The van der Waals surface area contributed by atoms with Crippen LogP contribution in [0.3, 0.4) is 0 Å². The van der Waals surface area contributed by atoms with Gasteiger partial charge in [0.2, 0.25) is 0 Å². The van der Waals surface area contributed by atoms with Gasteiger partial charge in [-0.05, 0) is 54.8 Å². The van der Waals surface area contributed by atoms with Gasteiger partial charge in [0.05, 0.1) is 13.2 Å². The van der Waals surface area contributed by atoms with Crippen LogP contribution in [-0.4, -0.2) is 19.1 Å². The second-order valence-electron chi connectivity index (χ2n) is 5.76. The molecule has 0 aliphatic heterocycles. The van der Waals surface area contributed by atoms with E-state index in [1.54, 1.807) is 0 Å². The van der Waals surface area contributed by atoms with Crippen LogP contribution in [0, 0.1) is 0 Å². The van der Waals surface area contributed by atoms with Gasteiger partial charge < -0.3 is 9.47 Å². The molecular formula is C20H27ClO2. The highest BCUT2D eigenvalue weighted by molar-refractivity contribution is 6.17. The number of halogens is 1. The third-order valence-electron chi connectivity index (χ3n) is 3.89. The van der Waals surface area contributed by atoms with Crippen LogP contribution >= 0.6 is 11.6 Å². The second kappa shape index (κ2) is 10.4. The van der Waals surface area contributed by atoms with E-state index in [-0.39, 0.29) is 0 Å². The van der Waals surface area contributed by atoms with E-state index in [1.165, 1.54) is 36.5 Å². The molecule has 0 atom stereocenters. The highest BCUT2D eigenvalue weighted by atomic mass is 35.5. The fraction of sp³-hybridized carbons (Fsp3) is 0.500. The van der Waals surface area contributed by atoms with Gasteiger partial charge >= 0.3 is 0 Å². The van der Waals surface area contributed by atoms with Crippen molar-refractivity contribution < 1.29 is 9.47 Å². The van der Waals surface area contributed by atoms with Crippen molar-refractivity contribution in [1.82, 2.24) is 0 Å². The van der Waals surface area contributed by atoms with Gasteiger partial charge in [0, 0.05) is 5.88 Å². The molecule has 0 spiro atoms. The normalized spacial score (nSPS) is 10.9. The van der Waals surface area contributed by atoms with Crippen molar-refractivity contribution in [3.63, 3.8) is 0 Å². The third kappa shape index (κ3) is 6.31. The minimum atomic E-state index is 0.693. The maximum atomic E-state index is 5.87. The summed E-state index contributed by atoms with van der Waals surface area (Å²) in [7, 11) is 0. The van der Waals surface area contributed by atoms with E-state index in [0.29, 0.717) is 6.61 Å². The number of ether oxygens (including phenoxy) is 2. The Bertz CT molecular complexity index is 583. The highest BCUT2D eigenvalue weighted by Gasteiger charge is 2.00. The first-order valence-electron chi connectivity index (χ1n) is 8.69. The molecule has 0 saturated heterocycles. The van der Waals surface area contributed by atoms with E-state index >= 15 is 0 Å². The standard InChI is InChI=1S/C20H27ClO2/c1-2-22-19-11-9-18-16-20(12-10-17(18)15-19)23-14-8-6-4-3-5-7-13-21/h9-12,15-16H,2-8,13-14H2,1H3. The topological polar surface area (TPSA) is 18.5 Å². The smallest absolute Gasteiger partial charge is 0.119 e. The van der Waals surface area contributed by atoms with Crippen molar-refractivity contribution in [1.29, 1.82) is 0 Å². The van der Waals surface area contributed by atoms with E-state index in [1.807, 2.05) is 19.1 Å². The fourth-order valence-electron chi connectivity index (χ4n) is 2.64. The molecule has 0 bridgehead atoms. The number of hydrogen-bond donors (Lipinski definition) is 0. The molecular weight excluding hydrogens is 308 g/mol. The van der Waals surface area contributed by atoms with Crippen LogP contribution in [0.5, 0.6) is 11.5 Å². The Morgan fingerprint density at radius 1 is 0.739 bits per heavy atom. The summed E-state index contributed by atoms with van der Waals surface area (Å²) >= 11 is 5.67.